The molecule has 1 aliphatic rings. The number of ether oxygens (including phenoxy) is 1. The van der Waals surface area contributed by atoms with Crippen molar-refractivity contribution in [3.8, 4) is 0 Å². The molecule has 0 bridgehead atoms. The van der Waals surface area contributed by atoms with E-state index < -0.39 is 43.2 Å². The van der Waals surface area contributed by atoms with E-state index in [9.17, 15) is 20.1 Å². The van der Waals surface area contributed by atoms with E-state index in [1.807, 2.05) is 0 Å². The van der Waals surface area contributed by atoms with Crippen LogP contribution in [-0.2, 0) is 9.53 Å². The van der Waals surface area contributed by atoms with Gasteiger partial charge in [0.25, 0.3) is 0 Å². The van der Waals surface area contributed by atoms with E-state index in [1.165, 1.54) is 0 Å². The fraction of sp³-hybridized carbons (Fsp3) is 0.750. The van der Waals surface area contributed by atoms with E-state index in [1.54, 1.807) is 0 Å². The van der Waals surface area contributed by atoms with Gasteiger partial charge in [0.15, 0.2) is 6.23 Å². The highest BCUT2D eigenvalue weighted by molar-refractivity contribution is 6.23. The second kappa shape index (κ2) is 5.82. The Hall–Kier alpha value is -1.35. The molecule has 0 aliphatic carbocycles. The summed E-state index contributed by atoms with van der Waals surface area (Å²) in [7, 11) is 0. The average Bonchev–Trinajstić information content (AvgIpc) is 2.30. The van der Waals surface area contributed by atoms with Gasteiger partial charge >= 0.3 is 12.1 Å². The predicted octanol–water partition coefficient (Wildman–Crippen LogP) is -3.80. The maximum absolute atomic E-state index is 11.0. The fourth-order valence-corrected chi connectivity index (χ4v) is 1.45. The van der Waals surface area contributed by atoms with Gasteiger partial charge < -0.3 is 36.0 Å². The topological polar surface area (TPSA) is 156 Å². The van der Waals surface area contributed by atoms with E-state index in [0.717, 1.165) is 0 Å². The number of amides is 1. The molecule has 5 N–H and O–H groups in total. The average molecular weight is 247 g/mol. The van der Waals surface area contributed by atoms with Crippen molar-refractivity contribution in [3.63, 3.8) is 0 Å². The molecule has 9 nitrogen and oxygen atoms in total. The van der Waals surface area contributed by atoms with E-state index >= 15 is 0 Å². The molecule has 0 aromatic carbocycles. The maximum atomic E-state index is 11.0. The third-order valence-corrected chi connectivity index (χ3v) is 2.35. The van der Waals surface area contributed by atoms with Gasteiger partial charge in [0.05, 0.1) is 6.61 Å². The lowest BCUT2D eigenvalue weighted by Gasteiger charge is -2.39. The van der Waals surface area contributed by atoms with Gasteiger partial charge in [-0.05, 0) is 0 Å². The molecule has 0 aromatic rings. The first-order chi connectivity index (χ1) is 8.01. The Morgan fingerprint density at radius 3 is 2.53 bits per heavy atom. The zero-order valence-electron chi connectivity index (χ0n) is 8.67. The lowest BCUT2D eigenvalue weighted by Crippen LogP contribution is -2.63. The summed E-state index contributed by atoms with van der Waals surface area (Å²) in [5.41, 5.74) is 8.10. The molecule has 1 rings (SSSR count). The van der Waals surface area contributed by atoms with Crippen LogP contribution >= 0.6 is 0 Å². The van der Waals surface area contributed by atoms with E-state index in [0.29, 0.717) is 6.21 Å². The van der Waals surface area contributed by atoms with Crippen molar-refractivity contribution >= 4 is 12.1 Å². The Bertz CT molecular complexity index is 329. The van der Waals surface area contributed by atoms with Crippen LogP contribution in [-0.4, -0.2) is 74.6 Å². The molecule has 0 spiro atoms. The van der Waals surface area contributed by atoms with Crippen molar-refractivity contribution in [2.24, 2.45) is 0 Å². The summed E-state index contributed by atoms with van der Waals surface area (Å²) in [4.78, 5) is 13.5. The molecular weight excluding hydrogens is 234 g/mol. The van der Waals surface area contributed by atoms with E-state index in [2.05, 4.69) is 10.1 Å². The largest absolute Gasteiger partial charge is 0.394 e. The quantitative estimate of drug-likeness (QED) is 0.195. The highest BCUT2D eigenvalue weighted by Crippen LogP contribution is 2.19. The van der Waals surface area contributed by atoms with Gasteiger partial charge in [0.2, 0.25) is 0 Å². The number of carbonyl (C=O) groups excluding carboxylic acids is 1. The second-order valence-corrected chi connectivity index (χ2v) is 3.50. The van der Waals surface area contributed by atoms with Gasteiger partial charge in [-0.15, -0.1) is 0 Å². The molecule has 1 amide bonds. The van der Waals surface area contributed by atoms with Gasteiger partial charge in [-0.3, -0.25) is 4.79 Å². The molecule has 3 unspecified atom stereocenters. The van der Waals surface area contributed by atoms with Crippen LogP contribution in [0.2, 0.25) is 0 Å². The smallest absolute Gasteiger partial charge is 0.344 e. The summed E-state index contributed by atoms with van der Waals surface area (Å²) in [6.07, 6.45) is -6.53. The molecule has 1 aliphatic heterocycles. The van der Waals surface area contributed by atoms with Crippen LogP contribution in [0.25, 0.3) is 5.53 Å². The van der Waals surface area contributed by atoms with Gasteiger partial charge in [0, 0.05) is 0 Å². The van der Waals surface area contributed by atoms with Crippen molar-refractivity contribution in [2.45, 2.75) is 30.6 Å². The Labute approximate surface area is 95.9 Å². The molecule has 1 saturated heterocycles. The van der Waals surface area contributed by atoms with Crippen LogP contribution in [0.3, 0.4) is 0 Å². The lowest BCUT2D eigenvalue weighted by atomic mass is 9.98. The summed E-state index contributed by atoms with van der Waals surface area (Å²) in [6.45, 7) is -0.592. The van der Waals surface area contributed by atoms with Crippen molar-refractivity contribution in [2.75, 3.05) is 6.61 Å². The number of carbonyl (C=O) groups is 1. The zero-order chi connectivity index (χ0) is 13.0. The van der Waals surface area contributed by atoms with E-state index in [-0.39, 0.29) is 0 Å². The Morgan fingerprint density at radius 1 is 1.35 bits per heavy atom. The number of hydrogen-bond acceptors (Lipinski definition) is 6. The van der Waals surface area contributed by atoms with Crippen molar-refractivity contribution in [3.05, 3.63) is 5.53 Å². The number of rotatable bonds is 3. The van der Waals surface area contributed by atoms with Crippen molar-refractivity contribution < 1.29 is 34.7 Å². The molecule has 96 valence electrons. The standard InChI is InChI=1S/C8H13N3O6/c9-10-1-4(13)11-8-7(16)6(15)5(14)3(2-12)17-8/h1,3,5-8,12,14-16H,2H2,(H,11,13)/t3?,5-,6?,7?,8-/m1/s1. The molecule has 0 aromatic heterocycles. The first kappa shape index (κ1) is 13.7. The highest BCUT2D eigenvalue weighted by atomic mass is 16.6. The zero-order valence-corrected chi connectivity index (χ0v) is 8.67. The van der Waals surface area contributed by atoms with Crippen LogP contribution in [0.1, 0.15) is 0 Å². The first-order valence-corrected chi connectivity index (χ1v) is 4.79. The van der Waals surface area contributed by atoms with Crippen LogP contribution in [0.15, 0.2) is 0 Å². The van der Waals surface area contributed by atoms with Gasteiger partial charge in [-0.2, -0.15) is 4.79 Å². The van der Waals surface area contributed by atoms with Crippen molar-refractivity contribution in [1.82, 2.24) is 5.32 Å². The lowest BCUT2D eigenvalue weighted by molar-refractivity contribution is -0.235. The number of aliphatic hydroxyl groups is 4. The van der Waals surface area contributed by atoms with Gasteiger partial charge in [-0.25, -0.2) is 0 Å². The SMILES string of the molecule is [N-]=[N+]=CC(=O)N[C@@H]1OC(CO)[C@@H](O)C(O)C1O. The first-order valence-electron chi connectivity index (χ1n) is 4.79. The number of nitrogens with zero attached hydrogens (tertiary/aromatic N) is 2. The molecule has 1 fully saturated rings. The van der Waals surface area contributed by atoms with Gasteiger partial charge in [-0.1, -0.05) is 0 Å². The monoisotopic (exact) mass is 247 g/mol. The molecule has 0 radical (unpaired) electrons. The summed E-state index contributed by atoms with van der Waals surface area (Å²) in [6, 6.07) is 0. The number of hydrogen-bond donors (Lipinski definition) is 5. The Morgan fingerprint density at radius 2 is 2.00 bits per heavy atom. The molecule has 5 atom stereocenters. The summed E-state index contributed by atoms with van der Waals surface area (Å²) >= 11 is 0. The third-order valence-electron chi connectivity index (χ3n) is 2.35. The molecule has 0 saturated carbocycles. The highest BCUT2D eigenvalue weighted by Gasteiger charge is 2.44. The minimum atomic E-state index is -1.57. The molecule has 1 heterocycles. The second-order valence-electron chi connectivity index (χ2n) is 3.50. The fourth-order valence-electron chi connectivity index (χ4n) is 1.45. The molecular formula is C8H13N3O6. The molecule has 9 heteroatoms. The Kier molecular flexibility index (Phi) is 4.70. The van der Waals surface area contributed by atoms with Crippen LogP contribution in [0.4, 0.5) is 0 Å². The van der Waals surface area contributed by atoms with Gasteiger partial charge in [0.1, 0.15) is 24.4 Å². The summed E-state index contributed by atoms with van der Waals surface area (Å²) in [5.74, 6) is -0.864. The van der Waals surface area contributed by atoms with Crippen LogP contribution in [0.5, 0.6) is 0 Å². The maximum Gasteiger partial charge on any atom is 0.344 e. The van der Waals surface area contributed by atoms with Crippen molar-refractivity contribution in [1.29, 1.82) is 0 Å². The van der Waals surface area contributed by atoms with Crippen LogP contribution < -0.4 is 5.32 Å². The normalized spacial score (nSPS) is 37.1. The summed E-state index contributed by atoms with van der Waals surface area (Å²) < 4.78 is 4.96. The minimum absolute atomic E-state index is 0.529. The number of nitrogens with one attached hydrogen (secondary N) is 1. The Balaban J connectivity index is 2.71. The van der Waals surface area contributed by atoms with E-state index in [4.69, 9.17) is 15.4 Å². The molecule has 17 heavy (non-hydrogen) atoms. The number of aliphatic hydroxyl groups excluding tert-OH is 4. The minimum Gasteiger partial charge on any atom is -0.394 e. The predicted molar refractivity (Wildman–Crippen MR) is 51.6 cm³/mol. The third kappa shape index (κ3) is 3.07. The van der Waals surface area contributed by atoms with Crippen LogP contribution in [0, 0.1) is 0 Å². The summed E-state index contributed by atoms with van der Waals surface area (Å²) in [5, 5.41) is 39.3.